The summed E-state index contributed by atoms with van der Waals surface area (Å²) in [5.74, 6) is 1.25. The molecule has 0 spiro atoms. The van der Waals surface area contributed by atoms with Crippen LogP contribution in [0, 0.1) is 0 Å². The number of aromatic nitrogens is 1. The fourth-order valence-corrected chi connectivity index (χ4v) is 5.23. The largest absolute Gasteiger partial charge is 0.489 e. The maximum absolute atomic E-state index is 13.7. The van der Waals surface area contributed by atoms with E-state index in [9.17, 15) is 13.2 Å². The van der Waals surface area contributed by atoms with Gasteiger partial charge >= 0.3 is 6.18 Å². The van der Waals surface area contributed by atoms with E-state index >= 15 is 0 Å². The van der Waals surface area contributed by atoms with Gasteiger partial charge in [0.1, 0.15) is 12.4 Å². The Hall–Kier alpha value is -2.43. The first-order valence-corrected chi connectivity index (χ1v) is 10.9. The standard InChI is InChI=1S/C25H26F3NO/c1-15-6-9-20-21-13-18(8-11-23(21)29-24(15)20)30-14-16-7-10-19(17-4-2-3-5-17)22(12-16)25(26,27)28/h7-8,10-13,15,17,29H,2-6,9,14H2,1H3/t15-/m0/s1. The average Bonchev–Trinajstić information content (AvgIpc) is 3.44. The van der Waals surface area contributed by atoms with Gasteiger partial charge in [0.15, 0.2) is 0 Å². The molecule has 2 aliphatic carbocycles. The third kappa shape index (κ3) is 3.48. The summed E-state index contributed by atoms with van der Waals surface area (Å²) >= 11 is 0. The summed E-state index contributed by atoms with van der Waals surface area (Å²) in [6.45, 7) is 2.36. The summed E-state index contributed by atoms with van der Waals surface area (Å²) in [6.07, 6.45) is 1.58. The summed E-state index contributed by atoms with van der Waals surface area (Å²) in [4.78, 5) is 3.50. The van der Waals surface area contributed by atoms with Crippen molar-refractivity contribution in [3.05, 3.63) is 64.3 Å². The fourth-order valence-electron chi connectivity index (χ4n) is 5.23. The first-order chi connectivity index (χ1) is 14.4. The predicted octanol–water partition coefficient (Wildman–Crippen LogP) is 7.47. The van der Waals surface area contributed by atoms with Crippen LogP contribution >= 0.6 is 0 Å². The number of nitrogens with one attached hydrogen (secondary N) is 1. The summed E-state index contributed by atoms with van der Waals surface area (Å²) in [5, 5.41) is 1.17. The van der Waals surface area contributed by atoms with E-state index in [-0.39, 0.29) is 12.5 Å². The highest BCUT2D eigenvalue weighted by molar-refractivity contribution is 5.86. The van der Waals surface area contributed by atoms with Gasteiger partial charge in [-0.1, -0.05) is 31.9 Å². The van der Waals surface area contributed by atoms with Gasteiger partial charge in [-0.2, -0.15) is 13.2 Å². The van der Waals surface area contributed by atoms with Crippen molar-refractivity contribution in [2.75, 3.05) is 0 Å². The van der Waals surface area contributed by atoms with Crippen molar-refractivity contribution in [1.29, 1.82) is 0 Å². The maximum Gasteiger partial charge on any atom is 0.416 e. The van der Waals surface area contributed by atoms with Gasteiger partial charge in [-0.3, -0.25) is 0 Å². The monoisotopic (exact) mass is 413 g/mol. The first-order valence-electron chi connectivity index (χ1n) is 10.9. The smallest absolute Gasteiger partial charge is 0.416 e. The molecule has 0 amide bonds. The molecule has 5 rings (SSSR count). The third-order valence-corrected chi connectivity index (χ3v) is 6.85. The van der Waals surface area contributed by atoms with E-state index in [0.717, 1.165) is 44.0 Å². The molecule has 30 heavy (non-hydrogen) atoms. The molecule has 0 bridgehead atoms. The van der Waals surface area contributed by atoms with Crippen LogP contribution in [0.5, 0.6) is 5.75 Å². The molecule has 1 N–H and O–H groups in total. The van der Waals surface area contributed by atoms with Crippen molar-refractivity contribution < 1.29 is 17.9 Å². The number of rotatable bonds is 4. The van der Waals surface area contributed by atoms with Gasteiger partial charge in [-0.05, 0) is 78.5 Å². The molecular weight excluding hydrogens is 387 g/mol. The minimum Gasteiger partial charge on any atom is -0.489 e. The molecular formula is C25H26F3NO. The molecule has 2 nitrogen and oxygen atoms in total. The topological polar surface area (TPSA) is 25.0 Å². The number of halogens is 3. The lowest BCUT2D eigenvalue weighted by Crippen LogP contribution is -2.12. The lowest BCUT2D eigenvalue weighted by molar-refractivity contribution is -0.138. The third-order valence-electron chi connectivity index (χ3n) is 6.85. The Balaban J connectivity index is 1.38. The highest BCUT2D eigenvalue weighted by Crippen LogP contribution is 2.42. The Morgan fingerprint density at radius 1 is 1.03 bits per heavy atom. The SMILES string of the molecule is C[C@H]1CCc2c1[nH]c1ccc(OCc3ccc(C4CCCC4)c(C(F)(F)F)c3)cc21. The average molecular weight is 413 g/mol. The highest BCUT2D eigenvalue weighted by atomic mass is 19.4. The Bertz CT molecular complexity index is 1080. The van der Waals surface area contributed by atoms with Crippen LogP contribution in [0.2, 0.25) is 0 Å². The van der Waals surface area contributed by atoms with Crippen LogP contribution in [-0.2, 0) is 19.2 Å². The fraction of sp³-hybridized carbons (Fsp3) is 0.440. The van der Waals surface area contributed by atoms with E-state index in [1.54, 1.807) is 12.1 Å². The van der Waals surface area contributed by atoms with Gasteiger partial charge in [0.25, 0.3) is 0 Å². The van der Waals surface area contributed by atoms with Crippen LogP contribution in [0.25, 0.3) is 10.9 Å². The van der Waals surface area contributed by atoms with Crippen molar-refractivity contribution in [3.63, 3.8) is 0 Å². The molecule has 1 atom stereocenters. The zero-order chi connectivity index (χ0) is 20.9. The number of hydrogen-bond acceptors (Lipinski definition) is 1. The summed E-state index contributed by atoms with van der Waals surface area (Å²) < 4.78 is 47.0. The van der Waals surface area contributed by atoms with Crippen LogP contribution in [0.15, 0.2) is 36.4 Å². The van der Waals surface area contributed by atoms with Gasteiger partial charge in [-0.15, -0.1) is 0 Å². The number of fused-ring (bicyclic) bond motifs is 3. The molecule has 5 heteroatoms. The van der Waals surface area contributed by atoms with Crippen molar-refractivity contribution in [2.45, 2.75) is 70.1 Å². The van der Waals surface area contributed by atoms with Gasteiger partial charge in [0.05, 0.1) is 5.56 Å². The van der Waals surface area contributed by atoms with E-state index in [1.165, 1.54) is 22.7 Å². The van der Waals surface area contributed by atoms with Crippen molar-refractivity contribution in [1.82, 2.24) is 4.98 Å². The molecule has 1 heterocycles. The summed E-state index contributed by atoms with van der Waals surface area (Å²) in [6, 6.07) is 10.6. The van der Waals surface area contributed by atoms with E-state index in [1.807, 2.05) is 18.2 Å². The molecule has 1 saturated carbocycles. The lowest BCUT2D eigenvalue weighted by atomic mass is 9.91. The Morgan fingerprint density at radius 3 is 2.60 bits per heavy atom. The van der Waals surface area contributed by atoms with E-state index < -0.39 is 11.7 Å². The summed E-state index contributed by atoms with van der Waals surface area (Å²) in [7, 11) is 0. The Labute approximate surface area is 174 Å². The van der Waals surface area contributed by atoms with Gasteiger partial charge in [0, 0.05) is 16.6 Å². The number of aryl methyl sites for hydroxylation is 1. The zero-order valence-corrected chi connectivity index (χ0v) is 17.1. The molecule has 2 aliphatic rings. The van der Waals surface area contributed by atoms with Gasteiger partial charge in [-0.25, -0.2) is 0 Å². The van der Waals surface area contributed by atoms with Crippen LogP contribution in [0.4, 0.5) is 13.2 Å². The summed E-state index contributed by atoms with van der Waals surface area (Å²) in [5.41, 5.74) is 4.25. The second kappa shape index (κ2) is 7.36. The van der Waals surface area contributed by atoms with Crippen LogP contribution in [0.1, 0.15) is 78.8 Å². The normalized spacial score (nSPS) is 19.5. The van der Waals surface area contributed by atoms with E-state index in [0.29, 0.717) is 22.8 Å². The van der Waals surface area contributed by atoms with Crippen molar-refractivity contribution in [2.24, 2.45) is 0 Å². The van der Waals surface area contributed by atoms with Gasteiger partial charge < -0.3 is 9.72 Å². The molecule has 0 aliphatic heterocycles. The lowest BCUT2D eigenvalue weighted by Gasteiger charge is -2.19. The Kier molecular flexibility index (Phi) is 4.79. The van der Waals surface area contributed by atoms with Crippen LogP contribution < -0.4 is 4.74 Å². The quantitative estimate of drug-likeness (QED) is 0.471. The van der Waals surface area contributed by atoms with E-state index in [2.05, 4.69) is 11.9 Å². The molecule has 3 aromatic rings. The minimum absolute atomic E-state index is 0.0251. The number of ether oxygens (including phenoxy) is 1. The minimum atomic E-state index is -4.34. The molecule has 1 aromatic heterocycles. The van der Waals surface area contributed by atoms with Crippen molar-refractivity contribution in [3.8, 4) is 5.75 Å². The first kappa shape index (κ1) is 19.5. The number of hydrogen-bond donors (Lipinski definition) is 1. The molecule has 0 radical (unpaired) electrons. The van der Waals surface area contributed by atoms with Crippen LogP contribution in [0.3, 0.4) is 0 Å². The second-order valence-corrected chi connectivity index (χ2v) is 8.85. The maximum atomic E-state index is 13.7. The number of alkyl halides is 3. The molecule has 0 saturated heterocycles. The predicted molar refractivity (Wildman–Crippen MR) is 112 cm³/mol. The molecule has 1 fully saturated rings. The number of aromatic amines is 1. The molecule has 0 unspecified atom stereocenters. The molecule has 158 valence electrons. The second-order valence-electron chi connectivity index (χ2n) is 8.85. The van der Waals surface area contributed by atoms with Crippen LogP contribution in [-0.4, -0.2) is 4.98 Å². The van der Waals surface area contributed by atoms with Crippen molar-refractivity contribution >= 4 is 10.9 Å². The Morgan fingerprint density at radius 2 is 1.83 bits per heavy atom. The molecule has 2 aromatic carbocycles. The zero-order valence-electron chi connectivity index (χ0n) is 17.1. The van der Waals surface area contributed by atoms with E-state index in [4.69, 9.17) is 4.74 Å². The number of H-pyrrole nitrogens is 1. The number of benzene rings is 2. The van der Waals surface area contributed by atoms with Gasteiger partial charge in [0.2, 0.25) is 0 Å². The highest BCUT2D eigenvalue weighted by Gasteiger charge is 2.36.